The van der Waals surface area contributed by atoms with Gasteiger partial charge in [-0.05, 0) is 60.5 Å². The van der Waals surface area contributed by atoms with Crippen molar-refractivity contribution in [1.29, 1.82) is 5.26 Å². The van der Waals surface area contributed by atoms with Gasteiger partial charge in [0.1, 0.15) is 0 Å². The second-order valence-corrected chi connectivity index (χ2v) is 7.12. The number of rotatable bonds is 2. The molecule has 1 heterocycles. The summed E-state index contributed by atoms with van der Waals surface area (Å²) in [6, 6.07) is 33.8. The predicted molar refractivity (Wildman–Crippen MR) is 116 cm³/mol. The summed E-state index contributed by atoms with van der Waals surface area (Å²) in [5.74, 6) is 0. The lowest BCUT2D eigenvalue weighted by Gasteiger charge is -2.08. The molecule has 0 unspecified atom stereocenters. The van der Waals surface area contributed by atoms with E-state index in [1.165, 1.54) is 16.7 Å². The topological polar surface area (TPSA) is 28.7 Å². The van der Waals surface area contributed by atoms with Crippen LogP contribution in [0.25, 0.3) is 38.6 Å². The van der Waals surface area contributed by atoms with E-state index in [4.69, 9.17) is 0 Å². The van der Waals surface area contributed by atoms with Crippen molar-refractivity contribution < 1.29 is 0 Å². The molecule has 0 aliphatic carbocycles. The summed E-state index contributed by atoms with van der Waals surface area (Å²) in [4.78, 5) is 0. The van der Waals surface area contributed by atoms with Crippen LogP contribution >= 0.6 is 0 Å². The minimum atomic E-state index is 0.681. The molecule has 132 valence electrons. The van der Waals surface area contributed by atoms with Gasteiger partial charge in [0.2, 0.25) is 0 Å². The molecule has 0 radical (unpaired) electrons. The van der Waals surface area contributed by atoms with Gasteiger partial charge in [-0.1, -0.05) is 54.1 Å². The minimum Gasteiger partial charge on any atom is -0.309 e. The third-order valence-electron chi connectivity index (χ3n) is 5.26. The first-order chi connectivity index (χ1) is 13.7. The molecular formula is C26H18N2. The largest absolute Gasteiger partial charge is 0.309 e. The Labute approximate surface area is 163 Å². The van der Waals surface area contributed by atoms with Crippen LogP contribution in [0.5, 0.6) is 0 Å². The summed E-state index contributed by atoms with van der Waals surface area (Å²) in [6.07, 6.45) is 0. The molecule has 0 spiro atoms. The number of benzene rings is 4. The Morgan fingerprint density at radius 2 is 1.39 bits per heavy atom. The van der Waals surface area contributed by atoms with Gasteiger partial charge in [-0.2, -0.15) is 5.26 Å². The molecule has 0 amide bonds. The summed E-state index contributed by atoms with van der Waals surface area (Å²) in [5.41, 5.74) is 7.70. The zero-order valence-corrected chi connectivity index (χ0v) is 15.6. The molecule has 0 fully saturated rings. The molecule has 0 bridgehead atoms. The first kappa shape index (κ1) is 16.4. The minimum absolute atomic E-state index is 0.681. The maximum atomic E-state index is 9.40. The van der Waals surface area contributed by atoms with Crippen LogP contribution in [-0.2, 0) is 0 Å². The van der Waals surface area contributed by atoms with Gasteiger partial charge in [0.25, 0.3) is 0 Å². The highest BCUT2D eigenvalue weighted by Gasteiger charge is 2.13. The van der Waals surface area contributed by atoms with Crippen LogP contribution in [0.2, 0.25) is 0 Å². The number of fused-ring (bicyclic) bond motifs is 3. The number of aromatic nitrogens is 1. The van der Waals surface area contributed by atoms with E-state index in [0.29, 0.717) is 5.56 Å². The van der Waals surface area contributed by atoms with Gasteiger partial charge in [0, 0.05) is 16.5 Å². The Hall–Kier alpha value is -3.83. The van der Waals surface area contributed by atoms with Crippen LogP contribution in [-0.4, -0.2) is 4.57 Å². The van der Waals surface area contributed by atoms with E-state index in [1.54, 1.807) is 0 Å². The summed E-state index contributed by atoms with van der Waals surface area (Å²) in [6.45, 7) is 2.11. The Bertz CT molecular complexity index is 1370. The molecule has 5 rings (SSSR count). The van der Waals surface area contributed by atoms with Crippen LogP contribution in [0.15, 0.2) is 91.0 Å². The average Bonchev–Trinajstić information content (AvgIpc) is 3.07. The molecule has 0 saturated carbocycles. The van der Waals surface area contributed by atoms with Gasteiger partial charge in [-0.25, -0.2) is 0 Å². The Balaban J connectivity index is 1.86. The maximum absolute atomic E-state index is 9.40. The Morgan fingerprint density at radius 3 is 2.14 bits per heavy atom. The number of nitrogens with zero attached hydrogens (tertiary/aromatic N) is 2. The maximum Gasteiger partial charge on any atom is 0.0991 e. The molecule has 0 saturated heterocycles. The van der Waals surface area contributed by atoms with Gasteiger partial charge >= 0.3 is 0 Å². The molecule has 0 atom stereocenters. The van der Waals surface area contributed by atoms with Gasteiger partial charge in [0.15, 0.2) is 0 Å². The zero-order valence-electron chi connectivity index (χ0n) is 15.6. The molecule has 0 aliphatic heterocycles. The number of hydrogen-bond donors (Lipinski definition) is 0. The van der Waals surface area contributed by atoms with Gasteiger partial charge in [0.05, 0.1) is 22.7 Å². The van der Waals surface area contributed by atoms with E-state index in [1.807, 2.05) is 24.3 Å². The lowest BCUT2D eigenvalue weighted by Crippen LogP contribution is -1.93. The number of aryl methyl sites for hydroxylation is 1. The van der Waals surface area contributed by atoms with Crippen molar-refractivity contribution >= 4 is 21.8 Å². The third-order valence-corrected chi connectivity index (χ3v) is 5.26. The smallest absolute Gasteiger partial charge is 0.0991 e. The zero-order chi connectivity index (χ0) is 19.1. The molecule has 5 aromatic rings. The van der Waals surface area contributed by atoms with Crippen molar-refractivity contribution in [2.75, 3.05) is 0 Å². The number of hydrogen-bond acceptors (Lipinski definition) is 1. The van der Waals surface area contributed by atoms with Crippen molar-refractivity contribution in [2.45, 2.75) is 6.92 Å². The monoisotopic (exact) mass is 358 g/mol. The highest BCUT2D eigenvalue weighted by molar-refractivity contribution is 6.10. The van der Waals surface area contributed by atoms with E-state index >= 15 is 0 Å². The molecule has 2 nitrogen and oxygen atoms in total. The van der Waals surface area contributed by atoms with Crippen molar-refractivity contribution in [3.05, 3.63) is 102 Å². The standard InChI is InChI=1S/C26H18N2/c1-18-6-5-7-20(14-18)21-11-13-26-24(16-21)23-15-19(17-27)10-12-25(23)28(26)22-8-3-2-4-9-22/h2-16H,1H3. The summed E-state index contributed by atoms with van der Waals surface area (Å²) in [5, 5.41) is 11.7. The SMILES string of the molecule is Cc1cccc(-c2ccc3c(c2)c2cc(C#N)ccc2n3-c2ccccc2)c1. The van der Waals surface area contributed by atoms with Crippen LogP contribution < -0.4 is 0 Å². The summed E-state index contributed by atoms with van der Waals surface area (Å²) < 4.78 is 2.27. The fourth-order valence-electron chi connectivity index (χ4n) is 3.95. The van der Waals surface area contributed by atoms with Crippen molar-refractivity contribution in [1.82, 2.24) is 4.57 Å². The molecule has 0 N–H and O–H groups in total. The third kappa shape index (κ3) is 2.57. The first-order valence-corrected chi connectivity index (χ1v) is 9.35. The molecule has 2 heteroatoms. The van der Waals surface area contributed by atoms with Crippen LogP contribution in [0, 0.1) is 18.3 Å². The van der Waals surface area contributed by atoms with Crippen molar-refractivity contribution in [2.24, 2.45) is 0 Å². The van der Waals surface area contributed by atoms with E-state index < -0.39 is 0 Å². The van der Waals surface area contributed by atoms with E-state index in [2.05, 4.69) is 84.3 Å². The number of para-hydroxylation sites is 1. The normalized spacial score (nSPS) is 11.0. The summed E-state index contributed by atoms with van der Waals surface area (Å²) >= 11 is 0. The van der Waals surface area contributed by atoms with Gasteiger partial charge in [-0.3, -0.25) is 0 Å². The molecule has 0 aliphatic rings. The lowest BCUT2D eigenvalue weighted by atomic mass is 10.0. The van der Waals surface area contributed by atoms with Gasteiger partial charge in [-0.15, -0.1) is 0 Å². The van der Waals surface area contributed by atoms with Crippen LogP contribution in [0.4, 0.5) is 0 Å². The fourth-order valence-corrected chi connectivity index (χ4v) is 3.95. The second kappa shape index (κ2) is 6.40. The molecule has 28 heavy (non-hydrogen) atoms. The summed E-state index contributed by atoms with van der Waals surface area (Å²) in [7, 11) is 0. The second-order valence-electron chi connectivity index (χ2n) is 7.12. The van der Waals surface area contributed by atoms with E-state index in [0.717, 1.165) is 27.5 Å². The predicted octanol–water partition coefficient (Wildman–Crippen LogP) is 6.63. The lowest BCUT2D eigenvalue weighted by molar-refractivity contribution is 1.18. The van der Waals surface area contributed by atoms with E-state index in [-0.39, 0.29) is 0 Å². The van der Waals surface area contributed by atoms with Crippen molar-refractivity contribution in [3.63, 3.8) is 0 Å². The van der Waals surface area contributed by atoms with Crippen LogP contribution in [0.3, 0.4) is 0 Å². The Morgan fingerprint density at radius 1 is 0.679 bits per heavy atom. The number of nitriles is 1. The van der Waals surface area contributed by atoms with Crippen LogP contribution in [0.1, 0.15) is 11.1 Å². The van der Waals surface area contributed by atoms with Crippen molar-refractivity contribution in [3.8, 4) is 22.9 Å². The average molecular weight is 358 g/mol. The fraction of sp³-hybridized carbons (Fsp3) is 0.0385. The molecule has 4 aromatic carbocycles. The van der Waals surface area contributed by atoms with Gasteiger partial charge < -0.3 is 4.57 Å². The quantitative estimate of drug-likeness (QED) is 0.348. The Kier molecular flexibility index (Phi) is 3.74. The van der Waals surface area contributed by atoms with E-state index in [9.17, 15) is 5.26 Å². The highest BCUT2D eigenvalue weighted by Crippen LogP contribution is 2.35. The molecular weight excluding hydrogens is 340 g/mol. The first-order valence-electron chi connectivity index (χ1n) is 9.35. The highest BCUT2D eigenvalue weighted by atomic mass is 15.0. The molecule has 1 aromatic heterocycles.